The largest absolute Gasteiger partial charge is 0.326 e. The minimum Gasteiger partial charge on any atom is -0.326 e. The minimum atomic E-state index is -0.0287. The average molecular weight is 303 g/mol. The number of hydrogen-bond donors (Lipinski definition) is 1. The van der Waals surface area contributed by atoms with E-state index in [0.29, 0.717) is 0 Å². The third-order valence-corrected chi connectivity index (χ3v) is 3.92. The molecule has 0 radical (unpaired) electrons. The van der Waals surface area contributed by atoms with E-state index in [2.05, 4.69) is 79.8 Å². The van der Waals surface area contributed by atoms with Crippen LogP contribution in [0.25, 0.3) is 0 Å². The van der Waals surface area contributed by atoms with Gasteiger partial charge in [0.15, 0.2) is 0 Å². The quantitative estimate of drug-likeness (QED) is 0.725. The Labute approximate surface area is 136 Å². The molecule has 1 rings (SSSR count). The predicted molar refractivity (Wildman–Crippen MR) is 96.8 cm³/mol. The number of nitrogens with one attached hydrogen (secondary N) is 1. The van der Waals surface area contributed by atoms with Crippen molar-refractivity contribution in [3.8, 4) is 0 Å². The smallest absolute Gasteiger partial charge is 0.221 e. The Hall–Kier alpha value is -1.31. The number of benzene rings is 1. The van der Waals surface area contributed by atoms with Crippen molar-refractivity contribution in [3.05, 3.63) is 28.8 Å². The number of hydrogen-bond acceptors (Lipinski definition) is 1. The van der Waals surface area contributed by atoms with Gasteiger partial charge in [-0.05, 0) is 32.9 Å². The van der Waals surface area contributed by atoms with Gasteiger partial charge < -0.3 is 5.32 Å². The van der Waals surface area contributed by atoms with Crippen molar-refractivity contribution in [2.75, 3.05) is 5.32 Å². The van der Waals surface area contributed by atoms with E-state index in [-0.39, 0.29) is 22.2 Å². The van der Waals surface area contributed by atoms with Gasteiger partial charge in [-0.25, -0.2) is 0 Å². The van der Waals surface area contributed by atoms with E-state index in [1.807, 2.05) is 0 Å². The molecule has 0 heterocycles. The number of rotatable bonds is 1. The molecule has 0 fully saturated rings. The lowest BCUT2D eigenvalue weighted by Gasteiger charge is -2.33. The fourth-order valence-electron chi connectivity index (χ4n) is 2.57. The molecule has 0 aromatic heterocycles. The van der Waals surface area contributed by atoms with E-state index in [9.17, 15) is 4.79 Å². The van der Waals surface area contributed by atoms with E-state index in [0.717, 1.165) is 5.69 Å². The van der Waals surface area contributed by atoms with Crippen LogP contribution in [0.5, 0.6) is 0 Å². The zero-order valence-electron chi connectivity index (χ0n) is 16.1. The Morgan fingerprint density at radius 3 is 1.36 bits per heavy atom. The lowest BCUT2D eigenvalue weighted by atomic mass is 9.74. The van der Waals surface area contributed by atoms with Crippen LogP contribution in [0.3, 0.4) is 0 Å². The highest BCUT2D eigenvalue weighted by Crippen LogP contribution is 2.41. The molecule has 0 aliphatic heterocycles. The maximum Gasteiger partial charge on any atom is 0.221 e. The molecular formula is C20H33NO. The van der Waals surface area contributed by atoms with E-state index in [4.69, 9.17) is 0 Å². The van der Waals surface area contributed by atoms with Crippen LogP contribution in [0.2, 0.25) is 0 Å². The third-order valence-electron chi connectivity index (χ3n) is 3.92. The molecule has 1 aromatic rings. The first-order valence-electron chi connectivity index (χ1n) is 8.11. The number of carbonyl (C=O) groups is 1. The van der Waals surface area contributed by atoms with Gasteiger partial charge in [0, 0.05) is 12.6 Å². The Morgan fingerprint density at radius 1 is 0.773 bits per heavy atom. The van der Waals surface area contributed by atoms with Gasteiger partial charge in [-0.15, -0.1) is 0 Å². The fraction of sp³-hybridized carbons (Fsp3) is 0.650. The summed E-state index contributed by atoms with van der Waals surface area (Å²) in [6.45, 7) is 21.5. The SMILES string of the molecule is CC(=O)Nc1c(C(C)(C)C)cc(C(C)(C)C)cc1C(C)(C)C. The Morgan fingerprint density at radius 2 is 1.14 bits per heavy atom. The number of carbonyl (C=O) groups excluding carboxylic acids is 1. The highest BCUT2D eigenvalue weighted by atomic mass is 16.1. The Kier molecular flexibility index (Phi) is 4.87. The van der Waals surface area contributed by atoms with E-state index >= 15 is 0 Å². The second kappa shape index (κ2) is 5.72. The summed E-state index contributed by atoms with van der Waals surface area (Å²) in [5.74, 6) is -0.0143. The van der Waals surface area contributed by atoms with Gasteiger partial charge in [0.25, 0.3) is 0 Å². The van der Waals surface area contributed by atoms with Crippen molar-refractivity contribution in [2.45, 2.75) is 85.5 Å². The summed E-state index contributed by atoms with van der Waals surface area (Å²) >= 11 is 0. The van der Waals surface area contributed by atoms with Crippen molar-refractivity contribution in [3.63, 3.8) is 0 Å². The van der Waals surface area contributed by atoms with Crippen molar-refractivity contribution in [1.29, 1.82) is 0 Å². The number of anilines is 1. The Balaban J connectivity index is 3.81. The molecule has 0 saturated carbocycles. The highest BCUT2D eigenvalue weighted by Gasteiger charge is 2.29. The van der Waals surface area contributed by atoms with Crippen molar-refractivity contribution in [1.82, 2.24) is 0 Å². The predicted octanol–water partition coefficient (Wildman–Crippen LogP) is 5.54. The maximum atomic E-state index is 11.7. The topological polar surface area (TPSA) is 29.1 Å². The fourth-order valence-corrected chi connectivity index (χ4v) is 2.57. The molecule has 0 spiro atoms. The highest BCUT2D eigenvalue weighted by molar-refractivity contribution is 5.91. The van der Waals surface area contributed by atoms with Gasteiger partial charge in [0.05, 0.1) is 0 Å². The van der Waals surface area contributed by atoms with E-state index < -0.39 is 0 Å². The van der Waals surface area contributed by atoms with Crippen LogP contribution in [-0.4, -0.2) is 5.91 Å². The van der Waals surface area contributed by atoms with Crippen LogP contribution in [0.15, 0.2) is 12.1 Å². The molecule has 2 nitrogen and oxygen atoms in total. The molecule has 22 heavy (non-hydrogen) atoms. The second-order valence-corrected chi connectivity index (χ2v) is 9.38. The summed E-state index contributed by atoms with van der Waals surface area (Å²) in [6.07, 6.45) is 0. The van der Waals surface area contributed by atoms with Crippen molar-refractivity contribution in [2.24, 2.45) is 0 Å². The third kappa shape index (κ3) is 4.34. The van der Waals surface area contributed by atoms with Gasteiger partial charge in [0.2, 0.25) is 5.91 Å². The van der Waals surface area contributed by atoms with Crippen LogP contribution < -0.4 is 5.32 Å². The van der Waals surface area contributed by atoms with Crippen molar-refractivity contribution < 1.29 is 4.79 Å². The normalized spacial score (nSPS) is 13.2. The molecule has 0 saturated heterocycles. The van der Waals surface area contributed by atoms with Crippen LogP contribution in [0, 0.1) is 0 Å². The molecule has 1 amide bonds. The first-order valence-corrected chi connectivity index (χ1v) is 8.11. The number of amides is 1. The van der Waals surface area contributed by atoms with Crippen LogP contribution in [-0.2, 0) is 21.0 Å². The minimum absolute atomic E-state index is 0.0143. The van der Waals surface area contributed by atoms with Gasteiger partial charge in [-0.3, -0.25) is 4.79 Å². The molecule has 0 atom stereocenters. The summed E-state index contributed by atoms with van der Waals surface area (Å²) in [7, 11) is 0. The zero-order valence-corrected chi connectivity index (χ0v) is 16.1. The van der Waals surface area contributed by atoms with Crippen molar-refractivity contribution >= 4 is 11.6 Å². The summed E-state index contributed by atoms with van der Waals surface area (Å²) in [6, 6.07) is 4.53. The lowest BCUT2D eigenvalue weighted by Crippen LogP contribution is -2.25. The van der Waals surface area contributed by atoms with Gasteiger partial charge >= 0.3 is 0 Å². The molecule has 124 valence electrons. The summed E-state index contributed by atoms with van der Waals surface area (Å²) in [4.78, 5) is 11.7. The molecule has 0 aliphatic carbocycles. The zero-order chi connectivity index (χ0) is 17.5. The average Bonchev–Trinajstić information content (AvgIpc) is 2.23. The van der Waals surface area contributed by atoms with Crippen LogP contribution >= 0.6 is 0 Å². The monoisotopic (exact) mass is 303 g/mol. The first kappa shape index (κ1) is 18.7. The molecule has 0 bridgehead atoms. The standard InChI is InChI=1S/C20H33NO/c1-13(22)21-17-15(19(5,6)7)11-14(18(2,3)4)12-16(17)20(8,9)10/h11-12H,1-10H3,(H,21,22). The summed E-state index contributed by atoms with van der Waals surface area (Å²) < 4.78 is 0. The maximum absolute atomic E-state index is 11.7. The molecule has 0 aliphatic rings. The molecule has 0 unspecified atom stereocenters. The molecule has 1 N–H and O–H groups in total. The van der Waals surface area contributed by atoms with Crippen LogP contribution in [0.4, 0.5) is 5.69 Å². The van der Waals surface area contributed by atoms with Crippen LogP contribution in [0.1, 0.15) is 85.9 Å². The van der Waals surface area contributed by atoms with E-state index in [1.165, 1.54) is 16.7 Å². The molecular weight excluding hydrogens is 270 g/mol. The van der Waals surface area contributed by atoms with E-state index in [1.54, 1.807) is 6.92 Å². The van der Waals surface area contributed by atoms with Gasteiger partial charge in [-0.2, -0.15) is 0 Å². The summed E-state index contributed by atoms with van der Waals surface area (Å²) in [5.41, 5.74) is 4.74. The Bertz CT molecular complexity index is 528. The lowest BCUT2D eigenvalue weighted by molar-refractivity contribution is -0.114. The molecule has 1 aromatic carbocycles. The van der Waals surface area contributed by atoms with Gasteiger partial charge in [0.1, 0.15) is 0 Å². The molecule has 2 heteroatoms. The van der Waals surface area contributed by atoms with Gasteiger partial charge in [-0.1, -0.05) is 74.4 Å². The summed E-state index contributed by atoms with van der Waals surface area (Å²) in [5, 5.41) is 3.09. The second-order valence-electron chi connectivity index (χ2n) is 9.38. The first-order chi connectivity index (χ1) is 9.64.